The van der Waals surface area contributed by atoms with Crippen molar-refractivity contribution < 1.29 is 0 Å². The van der Waals surface area contributed by atoms with E-state index >= 15 is 0 Å². The highest BCUT2D eigenvalue weighted by molar-refractivity contribution is 5.54. The van der Waals surface area contributed by atoms with Gasteiger partial charge in [-0.05, 0) is 64.7 Å². The van der Waals surface area contributed by atoms with Gasteiger partial charge in [-0.1, -0.05) is 48.5 Å². The predicted octanol–water partition coefficient (Wildman–Crippen LogP) is 5.03. The average Bonchev–Trinajstić information content (AvgIpc) is 2.65. The highest BCUT2D eigenvalue weighted by atomic mass is 15.3. The van der Waals surface area contributed by atoms with Crippen LogP contribution in [0.4, 0.5) is 0 Å². The number of aliphatic imine (C=N–C) groups is 1. The minimum absolute atomic E-state index is 0.0336. The van der Waals surface area contributed by atoms with E-state index in [9.17, 15) is 0 Å². The van der Waals surface area contributed by atoms with Gasteiger partial charge in [0.15, 0.2) is 0 Å². The Morgan fingerprint density at radius 2 is 1.89 bits per heavy atom. The SMILES string of the molecule is CC=NC(C)(CC1=CCC(C)C=C1)CN1CCN(C2CC=C(C)C=C2C)CC1. The molecule has 2 aliphatic carbocycles. The van der Waals surface area contributed by atoms with Gasteiger partial charge < -0.3 is 0 Å². The smallest absolute Gasteiger partial charge is 0.0742 e. The van der Waals surface area contributed by atoms with E-state index in [1.54, 1.807) is 0 Å². The van der Waals surface area contributed by atoms with Crippen LogP contribution in [0.5, 0.6) is 0 Å². The van der Waals surface area contributed by atoms with Crippen LogP contribution < -0.4 is 0 Å². The quantitative estimate of drug-likeness (QED) is 0.601. The van der Waals surface area contributed by atoms with Gasteiger partial charge in [0.1, 0.15) is 0 Å². The maximum Gasteiger partial charge on any atom is 0.0742 e. The zero-order valence-corrected chi connectivity index (χ0v) is 18.6. The number of allylic oxidation sites excluding steroid dienone is 5. The minimum atomic E-state index is -0.0336. The van der Waals surface area contributed by atoms with Crippen LogP contribution in [-0.2, 0) is 0 Å². The van der Waals surface area contributed by atoms with Gasteiger partial charge in [0.25, 0.3) is 0 Å². The third-order valence-corrected chi connectivity index (χ3v) is 6.47. The van der Waals surface area contributed by atoms with Crippen LogP contribution in [0.15, 0.2) is 52.1 Å². The Balaban J connectivity index is 1.55. The summed E-state index contributed by atoms with van der Waals surface area (Å²) in [6.45, 7) is 16.8. The fraction of sp³-hybridized carbons (Fsp3) is 0.640. The van der Waals surface area contributed by atoms with Crippen molar-refractivity contribution in [1.82, 2.24) is 9.80 Å². The molecule has 3 heteroatoms. The summed E-state index contributed by atoms with van der Waals surface area (Å²) in [5.74, 6) is 0.675. The molecule has 3 aliphatic rings. The number of hydrogen-bond acceptors (Lipinski definition) is 3. The van der Waals surface area contributed by atoms with E-state index in [1.807, 2.05) is 6.21 Å². The summed E-state index contributed by atoms with van der Waals surface area (Å²) >= 11 is 0. The second kappa shape index (κ2) is 9.37. The maximum absolute atomic E-state index is 4.92. The first-order chi connectivity index (χ1) is 13.4. The highest BCUT2D eigenvalue weighted by Crippen LogP contribution is 2.28. The van der Waals surface area contributed by atoms with Gasteiger partial charge in [-0.15, -0.1) is 0 Å². The molecule has 0 aromatic carbocycles. The summed E-state index contributed by atoms with van der Waals surface area (Å²) < 4.78 is 0. The van der Waals surface area contributed by atoms with Crippen molar-refractivity contribution >= 4 is 6.21 Å². The lowest BCUT2D eigenvalue weighted by Crippen LogP contribution is -2.53. The molecular weight excluding hydrogens is 342 g/mol. The molecule has 3 unspecified atom stereocenters. The second-order valence-corrected chi connectivity index (χ2v) is 9.31. The maximum atomic E-state index is 4.92. The van der Waals surface area contributed by atoms with Crippen LogP contribution in [0.25, 0.3) is 0 Å². The van der Waals surface area contributed by atoms with E-state index in [1.165, 1.54) is 29.6 Å². The first-order valence-electron chi connectivity index (χ1n) is 11.1. The van der Waals surface area contributed by atoms with Gasteiger partial charge in [-0.2, -0.15) is 0 Å². The molecule has 1 saturated heterocycles. The molecule has 1 aliphatic heterocycles. The Morgan fingerprint density at radius 1 is 1.14 bits per heavy atom. The summed E-state index contributed by atoms with van der Waals surface area (Å²) in [6.07, 6.45) is 17.2. The van der Waals surface area contributed by atoms with Crippen molar-refractivity contribution in [2.75, 3.05) is 32.7 Å². The molecule has 3 nitrogen and oxygen atoms in total. The Morgan fingerprint density at radius 3 is 2.50 bits per heavy atom. The van der Waals surface area contributed by atoms with Gasteiger partial charge in [-0.3, -0.25) is 14.8 Å². The zero-order valence-electron chi connectivity index (χ0n) is 18.6. The van der Waals surface area contributed by atoms with Crippen LogP contribution in [0.1, 0.15) is 53.9 Å². The molecule has 28 heavy (non-hydrogen) atoms. The van der Waals surface area contributed by atoms with Crippen molar-refractivity contribution in [3.8, 4) is 0 Å². The first kappa shape index (κ1) is 21.3. The molecule has 3 rings (SSSR count). The van der Waals surface area contributed by atoms with E-state index in [2.05, 4.69) is 74.8 Å². The summed E-state index contributed by atoms with van der Waals surface area (Å²) in [5, 5.41) is 0. The predicted molar refractivity (Wildman–Crippen MR) is 122 cm³/mol. The molecule has 1 fully saturated rings. The van der Waals surface area contributed by atoms with Crippen LogP contribution in [0, 0.1) is 5.92 Å². The van der Waals surface area contributed by atoms with Crippen molar-refractivity contribution in [3.05, 3.63) is 47.1 Å². The average molecular weight is 382 g/mol. The molecule has 0 saturated carbocycles. The van der Waals surface area contributed by atoms with Gasteiger partial charge in [0, 0.05) is 38.8 Å². The van der Waals surface area contributed by atoms with Crippen LogP contribution >= 0.6 is 0 Å². The summed E-state index contributed by atoms with van der Waals surface area (Å²) in [5.41, 5.74) is 4.36. The molecule has 0 spiro atoms. The fourth-order valence-electron chi connectivity index (χ4n) is 4.95. The third kappa shape index (κ3) is 5.55. The van der Waals surface area contributed by atoms with E-state index < -0.39 is 0 Å². The number of piperazine rings is 1. The molecule has 3 atom stereocenters. The van der Waals surface area contributed by atoms with E-state index in [0.717, 1.165) is 39.1 Å². The summed E-state index contributed by atoms with van der Waals surface area (Å²) in [6, 6.07) is 0.602. The molecule has 0 N–H and O–H groups in total. The fourth-order valence-corrected chi connectivity index (χ4v) is 4.95. The van der Waals surface area contributed by atoms with Gasteiger partial charge in [0.2, 0.25) is 0 Å². The van der Waals surface area contributed by atoms with Crippen LogP contribution in [-0.4, -0.2) is 60.3 Å². The lowest BCUT2D eigenvalue weighted by atomic mass is 9.88. The van der Waals surface area contributed by atoms with E-state index in [0.29, 0.717) is 12.0 Å². The third-order valence-electron chi connectivity index (χ3n) is 6.47. The normalized spacial score (nSPS) is 29.4. The van der Waals surface area contributed by atoms with E-state index in [4.69, 9.17) is 4.99 Å². The van der Waals surface area contributed by atoms with Gasteiger partial charge in [0.05, 0.1) is 5.54 Å². The number of nitrogens with zero attached hydrogens (tertiary/aromatic N) is 3. The Kier molecular flexibility index (Phi) is 7.11. The number of hydrogen-bond donors (Lipinski definition) is 0. The molecule has 0 amide bonds. The largest absolute Gasteiger partial charge is 0.298 e. The molecule has 0 bridgehead atoms. The summed E-state index contributed by atoms with van der Waals surface area (Å²) in [7, 11) is 0. The monoisotopic (exact) mass is 381 g/mol. The standard InChI is InChI=1S/C25H39N3/c1-6-26-25(5,18-23-10-7-20(2)8-11-23)19-27-13-15-28(16-14-27)24-12-9-21(3)17-22(24)4/h6-7,9-11,17,20,24H,8,12-16,18-19H2,1-5H3. The van der Waals surface area contributed by atoms with Crippen LogP contribution in [0.3, 0.4) is 0 Å². The molecule has 0 aromatic heterocycles. The van der Waals surface area contributed by atoms with Crippen molar-refractivity contribution in [2.45, 2.75) is 65.5 Å². The second-order valence-electron chi connectivity index (χ2n) is 9.31. The lowest BCUT2D eigenvalue weighted by molar-refractivity contribution is 0.0936. The number of rotatable bonds is 6. The molecule has 0 aromatic rings. The topological polar surface area (TPSA) is 18.8 Å². The van der Waals surface area contributed by atoms with Crippen molar-refractivity contribution in [3.63, 3.8) is 0 Å². The Bertz CT molecular complexity index is 689. The van der Waals surface area contributed by atoms with Gasteiger partial charge >= 0.3 is 0 Å². The molecule has 154 valence electrons. The zero-order chi connectivity index (χ0) is 20.1. The van der Waals surface area contributed by atoms with Crippen molar-refractivity contribution in [1.29, 1.82) is 0 Å². The summed E-state index contributed by atoms with van der Waals surface area (Å²) in [4.78, 5) is 10.2. The molecule has 1 heterocycles. The lowest BCUT2D eigenvalue weighted by Gasteiger charge is -2.42. The minimum Gasteiger partial charge on any atom is -0.298 e. The van der Waals surface area contributed by atoms with Crippen LogP contribution in [0.2, 0.25) is 0 Å². The van der Waals surface area contributed by atoms with Crippen molar-refractivity contribution in [2.24, 2.45) is 10.9 Å². The first-order valence-corrected chi connectivity index (χ1v) is 11.1. The Labute approximate surface area is 172 Å². The molecular formula is C25H39N3. The van der Waals surface area contributed by atoms with Gasteiger partial charge in [-0.25, -0.2) is 0 Å². The molecule has 0 radical (unpaired) electrons. The highest BCUT2D eigenvalue weighted by Gasteiger charge is 2.31. The van der Waals surface area contributed by atoms with E-state index in [-0.39, 0.29) is 5.54 Å². The Hall–Kier alpha value is -1.45.